The van der Waals surface area contributed by atoms with Crippen LogP contribution < -0.4 is 9.64 Å². The number of hydrogen-bond acceptors (Lipinski definition) is 6. The summed E-state index contributed by atoms with van der Waals surface area (Å²) in [7, 11) is 1.64. The van der Waals surface area contributed by atoms with E-state index in [0.29, 0.717) is 18.6 Å². The number of ether oxygens (including phenoxy) is 1. The predicted octanol–water partition coefficient (Wildman–Crippen LogP) is 3.08. The van der Waals surface area contributed by atoms with Gasteiger partial charge in [0.2, 0.25) is 5.91 Å². The SMILES string of the molecule is COc1ccc(CC(=O)N2CCCN(c3ccc4nnc(-c5ccccc5)n4n3)CC2)cc1. The molecule has 1 fully saturated rings. The maximum absolute atomic E-state index is 12.9. The van der Waals surface area contributed by atoms with E-state index in [9.17, 15) is 4.79 Å². The van der Waals surface area contributed by atoms with Gasteiger partial charge in [-0.05, 0) is 36.2 Å². The molecule has 33 heavy (non-hydrogen) atoms. The van der Waals surface area contributed by atoms with Crippen LogP contribution in [0.4, 0.5) is 5.82 Å². The number of nitrogens with zero attached hydrogens (tertiary/aromatic N) is 6. The molecule has 0 aliphatic carbocycles. The quantitative estimate of drug-likeness (QED) is 0.473. The summed E-state index contributed by atoms with van der Waals surface area (Å²) in [6.45, 7) is 2.99. The highest BCUT2D eigenvalue weighted by Gasteiger charge is 2.21. The Labute approximate surface area is 192 Å². The van der Waals surface area contributed by atoms with E-state index in [0.717, 1.165) is 54.6 Å². The first kappa shape index (κ1) is 20.9. The molecule has 0 atom stereocenters. The first-order chi connectivity index (χ1) is 16.2. The van der Waals surface area contributed by atoms with E-state index in [1.54, 1.807) is 11.6 Å². The lowest BCUT2D eigenvalue weighted by molar-refractivity contribution is -0.130. The van der Waals surface area contributed by atoms with Gasteiger partial charge in [0.05, 0.1) is 13.5 Å². The number of hydrogen-bond donors (Lipinski definition) is 0. The van der Waals surface area contributed by atoms with Crippen molar-refractivity contribution in [3.63, 3.8) is 0 Å². The van der Waals surface area contributed by atoms with Gasteiger partial charge in [-0.15, -0.1) is 15.3 Å². The Balaban J connectivity index is 1.29. The summed E-state index contributed by atoms with van der Waals surface area (Å²) >= 11 is 0. The summed E-state index contributed by atoms with van der Waals surface area (Å²) in [5.41, 5.74) is 2.68. The van der Waals surface area contributed by atoms with E-state index >= 15 is 0 Å². The number of fused-ring (bicyclic) bond motifs is 1. The smallest absolute Gasteiger partial charge is 0.227 e. The molecule has 0 spiro atoms. The van der Waals surface area contributed by atoms with Crippen molar-refractivity contribution in [2.75, 3.05) is 38.2 Å². The molecule has 4 aromatic rings. The fraction of sp³-hybridized carbons (Fsp3) is 0.280. The molecule has 8 heteroatoms. The molecule has 1 aliphatic heterocycles. The normalized spacial score (nSPS) is 14.3. The molecule has 0 N–H and O–H groups in total. The van der Waals surface area contributed by atoms with Gasteiger partial charge in [-0.3, -0.25) is 4.79 Å². The van der Waals surface area contributed by atoms with E-state index in [4.69, 9.17) is 9.84 Å². The zero-order valence-corrected chi connectivity index (χ0v) is 18.6. The lowest BCUT2D eigenvalue weighted by Gasteiger charge is -2.23. The number of carbonyl (C=O) groups excluding carboxylic acids is 1. The maximum atomic E-state index is 12.9. The molecule has 0 bridgehead atoms. The summed E-state index contributed by atoms with van der Waals surface area (Å²) in [6.07, 6.45) is 1.29. The number of rotatable bonds is 5. The summed E-state index contributed by atoms with van der Waals surface area (Å²) in [5.74, 6) is 2.53. The molecule has 3 heterocycles. The van der Waals surface area contributed by atoms with Gasteiger partial charge < -0.3 is 14.5 Å². The molecule has 1 amide bonds. The second-order valence-electron chi connectivity index (χ2n) is 8.10. The van der Waals surface area contributed by atoms with Crippen LogP contribution in [0.15, 0.2) is 66.7 Å². The highest BCUT2D eigenvalue weighted by molar-refractivity contribution is 5.79. The lowest BCUT2D eigenvalue weighted by Crippen LogP contribution is -2.36. The summed E-state index contributed by atoms with van der Waals surface area (Å²) in [5, 5.41) is 13.4. The van der Waals surface area contributed by atoms with Crippen LogP contribution in [0.3, 0.4) is 0 Å². The van der Waals surface area contributed by atoms with Crippen molar-refractivity contribution >= 4 is 17.4 Å². The van der Waals surface area contributed by atoms with Crippen molar-refractivity contribution in [1.29, 1.82) is 0 Å². The third-order valence-electron chi connectivity index (χ3n) is 5.97. The van der Waals surface area contributed by atoms with Gasteiger partial charge in [0.25, 0.3) is 0 Å². The third kappa shape index (κ3) is 4.50. The molecule has 5 rings (SSSR count). The summed E-state index contributed by atoms with van der Waals surface area (Å²) < 4.78 is 6.99. The van der Waals surface area contributed by atoms with Crippen molar-refractivity contribution in [1.82, 2.24) is 24.7 Å². The molecule has 8 nitrogen and oxygen atoms in total. The molecule has 0 unspecified atom stereocenters. The Kier molecular flexibility index (Phi) is 5.89. The number of aromatic nitrogens is 4. The van der Waals surface area contributed by atoms with Crippen LogP contribution in [0.5, 0.6) is 5.75 Å². The number of benzene rings is 2. The zero-order chi connectivity index (χ0) is 22.6. The van der Waals surface area contributed by atoms with E-state index in [2.05, 4.69) is 15.1 Å². The predicted molar refractivity (Wildman–Crippen MR) is 126 cm³/mol. The number of methoxy groups -OCH3 is 1. The Morgan fingerprint density at radius 1 is 0.909 bits per heavy atom. The fourth-order valence-corrected chi connectivity index (χ4v) is 4.14. The Morgan fingerprint density at radius 3 is 2.52 bits per heavy atom. The van der Waals surface area contributed by atoms with Crippen molar-refractivity contribution in [3.8, 4) is 17.1 Å². The molecule has 2 aromatic heterocycles. The topological polar surface area (TPSA) is 75.9 Å². The monoisotopic (exact) mass is 442 g/mol. The molecule has 168 valence electrons. The first-order valence-electron chi connectivity index (χ1n) is 11.1. The van der Waals surface area contributed by atoms with E-state index in [-0.39, 0.29) is 5.91 Å². The van der Waals surface area contributed by atoms with Crippen molar-refractivity contribution in [3.05, 3.63) is 72.3 Å². The fourth-order valence-electron chi connectivity index (χ4n) is 4.14. The van der Waals surface area contributed by atoms with Crippen LogP contribution in [-0.4, -0.2) is 63.9 Å². The average Bonchev–Trinajstić information content (AvgIpc) is 3.12. The van der Waals surface area contributed by atoms with Gasteiger partial charge in [0.15, 0.2) is 11.5 Å². The summed E-state index contributed by atoms with van der Waals surface area (Å²) in [6, 6.07) is 21.5. The van der Waals surface area contributed by atoms with E-state index < -0.39 is 0 Å². The van der Waals surface area contributed by atoms with Crippen LogP contribution >= 0.6 is 0 Å². The second kappa shape index (κ2) is 9.28. The van der Waals surface area contributed by atoms with Crippen LogP contribution in [0.1, 0.15) is 12.0 Å². The molecule has 1 saturated heterocycles. The molecular weight excluding hydrogens is 416 g/mol. The number of carbonyl (C=O) groups is 1. The Hall–Kier alpha value is -3.94. The van der Waals surface area contributed by atoms with Gasteiger partial charge in [0.1, 0.15) is 11.6 Å². The number of amides is 1. The minimum absolute atomic E-state index is 0.149. The highest BCUT2D eigenvalue weighted by atomic mass is 16.5. The minimum atomic E-state index is 0.149. The molecule has 1 aliphatic rings. The molecule has 2 aromatic carbocycles. The highest BCUT2D eigenvalue weighted by Crippen LogP contribution is 2.20. The van der Waals surface area contributed by atoms with Crippen LogP contribution in [-0.2, 0) is 11.2 Å². The van der Waals surface area contributed by atoms with Gasteiger partial charge in [-0.25, -0.2) is 0 Å². The average molecular weight is 443 g/mol. The van der Waals surface area contributed by atoms with Crippen LogP contribution in [0.25, 0.3) is 17.0 Å². The summed E-state index contributed by atoms with van der Waals surface area (Å²) in [4.78, 5) is 17.1. The molecular formula is C25H26N6O2. The minimum Gasteiger partial charge on any atom is -0.497 e. The second-order valence-corrected chi connectivity index (χ2v) is 8.10. The number of anilines is 1. The first-order valence-corrected chi connectivity index (χ1v) is 11.1. The standard InChI is InChI=1S/C25H26N6O2/c1-33-21-10-8-19(9-11-21)18-24(32)30-15-5-14-29(16-17-30)23-13-12-22-26-27-25(31(22)28-23)20-6-3-2-4-7-20/h2-4,6-13H,5,14-18H2,1H3. The van der Waals surface area contributed by atoms with E-state index in [1.807, 2.05) is 71.6 Å². The van der Waals surface area contributed by atoms with Crippen LogP contribution in [0.2, 0.25) is 0 Å². The van der Waals surface area contributed by atoms with Gasteiger partial charge >= 0.3 is 0 Å². The molecule has 0 radical (unpaired) electrons. The Morgan fingerprint density at radius 2 is 1.73 bits per heavy atom. The van der Waals surface area contributed by atoms with Crippen molar-refractivity contribution < 1.29 is 9.53 Å². The zero-order valence-electron chi connectivity index (χ0n) is 18.6. The van der Waals surface area contributed by atoms with Gasteiger partial charge in [-0.1, -0.05) is 42.5 Å². The largest absolute Gasteiger partial charge is 0.497 e. The third-order valence-corrected chi connectivity index (χ3v) is 5.97. The van der Waals surface area contributed by atoms with Gasteiger partial charge in [-0.2, -0.15) is 4.52 Å². The maximum Gasteiger partial charge on any atom is 0.227 e. The van der Waals surface area contributed by atoms with E-state index in [1.165, 1.54) is 0 Å². The molecule has 0 saturated carbocycles. The van der Waals surface area contributed by atoms with Crippen LogP contribution in [0, 0.1) is 0 Å². The van der Waals surface area contributed by atoms with Crippen molar-refractivity contribution in [2.45, 2.75) is 12.8 Å². The van der Waals surface area contributed by atoms with Gasteiger partial charge in [0, 0.05) is 31.7 Å². The van der Waals surface area contributed by atoms with Crippen molar-refractivity contribution in [2.24, 2.45) is 0 Å². The Bertz CT molecular complexity index is 1240. The lowest BCUT2D eigenvalue weighted by atomic mass is 10.1.